The Kier molecular flexibility index (Phi) is 11.2. The van der Waals surface area contributed by atoms with Crippen LogP contribution >= 0.6 is 0 Å². The van der Waals surface area contributed by atoms with E-state index in [4.69, 9.17) is 0 Å². The Bertz CT molecular complexity index is 1240. The van der Waals surface area contributed by atoms with E-state index in [1.54, 1.807) is 0 Å². The molecule has 0 radical (unpaired) electrons. The summed E-state index contributed by atoms with van der Waals surface area (Å²) in [4.78, 5) is 31.3. The summed E-state index contributed by atoms with van der Waals surface area (Å²) in [6.07, 6.45) is 15.2. The fourth-order valence-corrected chi connectivity index (χ4v) is 6.83. The molecule has 1 aromatic heterocycles. The molecule has 0 bridgehead atoms. The zero-order valence-electron chi connectivity index (χ0n) is 25.6. The van der Waals surface area contributed by atoms with Crippen molar-refractivity contribution in [3.05, 3.63) is 74.7 Å². The summed E-state index contributed by atoms with van der Waals surface area (Å²) in [6, 6.07) is 8.65. The number of carbonyl (C=O) groups is 1. The monoisotopic (exact) mass is 563 g/mol. The maximum absolute atomic E-state index is 13.3. The smallest absolute Gasteiger partial charge is 0.253 e. The van der Waals surface area contributed by atoms with Gasteiger partial charge in [-0.1, -0.05) is 44.9 Å². The van der Waals surface area contributed by atoms with Crippen LogP contribution < -0.4 is 15.8 Å². The molecule has 0 saturated heterocycles. The van der Waals surface area contributed by atoms with Crippen molar-refractivity contribution in [3.8, 4) is 0 Å². The van der Waals surface area contributed by atoms with Gasteiger partial charge in [-0.25, -0.2) is 4.39 Å². The van der Waals surface area contributed by atoms with Crippen molar-refractivity contribution in [1.29, 1.82) is 0 Å². The third-order valence-corrected chi connectivity index (χ3v) is 9.20. The number of rotatable bonds is 3. The Labute approximate surface area is 246 Å². The van der Waals surface area contributed by atoms with Crippen LogP contribution in [0.15, 0.2) is 41.2 Å². The van der Waals surface area contributed by atoms with E-state index < -0.39 is 6.17 Å². The number of amides is 1. The van der Waals surface area contributed by atoms with Gasteiger partial charge in [-0.3, -0.25) is 9.59 Å². The number of benzene rings is 1. The van der Waals surface area contributed by atoms with Crippen molar-refractivity contribution in [2.75, 3.05) is 11.4 Å². The summed E-state index contributed by atoms with van der Waals surface area (Å²) in [5.41, 5.74) is 5.40. The van der Waals surface area contributed by atoms with Crippen molar-refractivity contribution >= 4 is 11.6 Å². The Morgan fingerprint density at radius 1 is 0.976 bits per heavy atom. The summed E-state index contributed by atoms with van der Waals surface area (Å²) in [5, 5.41) is 3.04. The topological polar surface area (TPSA) is 65.2 Å². The predicted molar refractivity (Wildman–Crippen MR) is 168 cm³/mol. The molecule has 1 amide bonds. The van der Waals surface area contributed by atoms with E-state index in [1.165, 1.54) is 37.8 Å². The van der Waals surface area contributed by atoms with Gasteiger partial charge in [0.15, 0.2) is 0 Å². The molecule has 2 heterocycles. The molecule has 2 saturated carbocycles. The van der Waals surface area contributed by atoms with Crippen molar-refractivity contribution in [2.45, 2.75) is 117 Å². The van der Waals surface area contributed by atoms with Crippen LogP contribution in [0.5, 0.6) is 0 Å². The molecule has 6 heteroatoms. The second-order valence-electron chi connectivity index (χ2n) is 12.6. The van der Waals surface area contributed by atoms with Crippen molar-refractivity contribution in [1.82, 2.24) is 10.3 Å². The Morgan fingerprint density at radius 3 is 2.44 bits per heavy atom. The van der Waals surface area contributed by atoms with Gasteiger partial charge in [0.2, 0.25) is 0 Å². The molecular formula is C35H50FN3O2. The lowest BCUT2D eigenvalue weighted by atomic mass is 9.86. The first-order valence-electron chi connectivity index (χ1n) is 15.9. The average Bonchev–Trinajstić information content (AvgIpc) is 2.93. The van der Waals surface area contributed by atoms with Crippen LogP contribution in [0.1, 0.15) is 111 Å². The maximum Gasteiger partial charge on any atom is 0.253 e. The largest absolute Gasteiger partial charge is 0.369 e. The molecule has 5 rings (SSSR count). The number of halogens is 1. The highest BCUT2D eigenvalue weighted by atomic mass is 19.1. The molecule has 1 aromatic carbocycles. The number of anilines is 1. The molecule has 2 fully saturated rings. The number of aryl methyl sites for hydroxylation is 2. The summed E-state index contributed by atoms with van der Waals surface area (Å²) in [7, 11) is 0. The van der Waals surface area contributed by atoms with E-state index in [2.05, 4.69) is 54.2 Å². The van der Waals surface area contributed by atoms with Crippen LogP contribution in [0.4, 0.5) is 10.1 Å². The molecule has 41 heavy (non-hydrogen) atoms. The fraction of sp³-hybridized carbons (Fsp3) is 0.600. The number of aromatic nitrogens is 1. The third-order valence-electron chi connectivity index (χ3n) is 9.20. The molecule has 0 spiro atoms. The van der Waals surface area contributed by atoms with Crippen molar-refractivity contribution in [3.63, 3.8) is 0 Å². The fourth-order valence-electron chi connectivity index (χ4n) is 6.83. The number of pyridine rings is 1. The first kappa shape index (κ1) is 31.1. The summed E-state index contributed by atoms with van der Waals surface area (Å²) >= 11 is 0. The molecule has 2 unspecified atom stereocenters. The number of hydrogen-bond acceptors (Lipinski definition) is 3. The van der Waals surface area contributed by atoms with E-state index in [1.807, 2.05) is 25.1 Å². The standard InChI is InChI=1S/C28H37N3O2.C7H13F/c1-4-31(22-15-13-19(2)14-16-22)26-12-8-11-24-23(26)10-7-5-6-9-21-17-20(3)30-28(33)25(21)18-29-27(24)32;1-6-3-2-4-7(8)5-6/h5,7-8,11-12,17,19,22H,4,6,9-10,13-16,18H2,1-3H3,(H,29,32)(H,30,33);6-7H,2-5H2,1H3/b7-5+;. The third kappa shape index (κ3) is 8.33. The van der Waals surface area contributed by atoms with Gasteiger partial charge in [-0.15, -0.1) is 0 Å². The zero-order chi connectivity index (χ0) is 29.4. The molecule has 3 aliphatic rings. The van der Waals surface area contributed by atoms with Crippen molar-refractivity contribution in [2.24, 2.45) is 11.8 Å². The van der Waals surface area contributed by atoms with Gasteiger partial charge in [0.05, 0.1) is 0 Å². The quantitative estimate of drug-likeness (QED) is 0.378. The van der Waals surface area contributed by atoms with Crippen LogP contribution in [0.3, 0.4) is 0 Å². The highest BCUT2D eigenvalue weighted by Crippen LogP contribution is 2.33. The lowest BCUT2D eigenvalue weighted by molar-refractivity contribution is 0.0950. The maximum atomic E-state index is 13.3. The number of aromatic amines is 1. The number of H-pyrrole nitrogens is 1. The second kappa shape index (κ2) is 14.8. The van der Waals surface area contributed by atoms with Gasteiger partial charge >= 0.3 is 0 Å². The van der Waals surface area contributed by atoms with Gasteiger partial charge in [-0.05, 0) is 113 Å². The van der Waals surface area contributed by atoms with Crippen LogP contribution in [0.2, 0.25) is 0 Å². The molecule has 1 aliphatic heterocycles. The summed E-state index contributed by atoms with van der Waals surface area (Å²) < 4.78 is 12.4. The van der Waals surface area contributed by atoms with Gasteiger partial charge in [0.25, 0.3) is 11.5 Å². The lowest BCUT2D eigenvalue weighted by Crippen LogP contribution is -2.39. The lowest BCUT2D eigenvalue weighted by Gasteiger charge is -2.38. The number of nitrogens with one attached hydrogen (secondary N) is 2. The Balaban J connectivity index is 0.000000417. The zero-order valence-corrected chi connectivity index (χ0v) is 25.6. The van der Waals surface area contributed by atoms with E-state index >= 15 is 0 Å². The molecule has 2 aliphatic carbocycles. The Hall–Kier alpha value is -2.89. The minimum atomic E-state index is -0.487. The van der Waals surface area contributed by atoms with E-state index in [0.717, 1.165) is 67.8 Å². The highest BCUT2D eigenvalue weighted by Gasteiger charge is 2.26. The van der Waals surface area contributed by atoms with Gasteiger partial charge in [0.1, 0.15) is 6.17 Å². The highest BCUT2D eigenvalue weighted by molar-refractivity contribution is 5.97. The molecule has 2 N–H and O–H groups in total. The normalized spacial score (nSPS) is 25.6. The predicted octanol–water partition coefficient (Wildman–Crippen LogP) is 7.60. The molecular weight excluding hydrogens is 513 g/mol. The number of allylic oxidation sites excluding steroid dienone is 2. The van der Waals surface area contributed by atoms with Gasteiger partial charge in [0, 0.05) is 41.6 Å². The molecule has 5 nitrogen and oxygen atoms in total. The number of carbonyl (C=O) groups excluding carboxylic acids is 1. The second-order valence-corrected chi connectivity index (χ2v) is 12.6. The number of hydrogen-bond donors (Lipinski definition) is 2. The average molecular weight is 564 g/mol. The number of alkyl halides is 1. The van der Waals surface area contributed by atoms with Gasteiger partial charge < -0.3 is 15.2 Å². The minimum Gasteiger partial charge on any atom is -0.369 e. The van der Waals surface area contributed by atoms with Crippen molar-refractivity contribution < 1.29 is 9.18 Å². The minimum absolute atomic E-state index is 0.107. The van der Waals surface area contributed by atoms with Crippen LogP contribution in [-0.2, 0) is 19.4 Å². The van der Waals surface area contributed by atoms with E-state index in [9.17, 15) is 14.0 Å². The van der Waals surface area contributed by atoms with Crippen LogP contribution in [0.25, 0.3) is 0 Å². The Morgan fingerprint density at radius 2 is 1.76 bits per heavy atom. The summed E-state index contributed by atoms with van der Waals surface area (Å²) in [6.45, 7) is 9.77. The number of nitrogens with zero attached hydrogens (tertiary/aromatic N) is 1. The van der Waals surface area contributed by atoms with E-state index in [-0.39, 0.29) is 18.0 Å². The molecule has 2 atom stereocenters. The molecule has 224 valence electrons. The SMILES string of the molecule is CC1CCCC(F)C1.CCN(c1cccc2c1C/C=C/CCc1cc(C)[nH]c(=O)c1CNC2=O)C1CCC(C)CC1. The van der Waals surface area contributed by atoms with Crippen LogP contribution in [0, 0.1) is 18.8 Å². The number of fused-ring (bicyclic) bond motifs is 2. The van der Waals surface area contributed by atoms with Gasteiger partial charge in [-0.2, -0.15) is 0 Å². The molecule has 2 aromatic rings. The first-order chi connectivity index (χ1) is 19.8. The van der Waals surface area contributed by atoms with E-state index in [0.29, 0.717) is 23.1 Å². The summed E-state index contributed by atoms with van der Waals surface area (Å²) in [5.74, 6) is 1.33. The first-order valence-corrected chi connectivity index (χ1v) is 15.9. The van der Waals surface area contributed by atoms with Crippen LogP contribution in [-0.4, -0.2) is 29.6 Å².